The number of nitrogens with zero attached hydrogens (tertiary/aromatic N) is 1. The van der Waals surface area contributed by atoms with Crippen LogP contribution in [0.4, 0.5) is 0 Å². The summed E-state index contributed by atoms with van der Waals surface area (Å²) >= 11 is 0. The van der Waals surface area contributed by atoms with Crippen molar-refractivity contribution in [3.63, 3.8) is 0 Å². The van der Waals surface area contributed by atoms with E-state index in [2.05, 4.69) is 11.1 Å². The summed E-state index contributed by atoms with van der Waals surface area (Å²) in [5.74, 6) is 0. The lowest BCUT2D eigenvalue weighted by Gasteiger charge is -1.80. The van der Waals surface area contributed by atoms with Gasteiger partial charge in [-0.15, -0.1) is 0 Å². The van der Waals surface area contributed by atoms with E-state index >= 15 is 0 Å². The predicted octanol–water partition coefficient (Wildman–Crippen LogP) is 0.694. The molecule has 0 unspecified atom stereocenters. The second-order valence-corrected chi connectivity index (χ2v) is 1.28. The van der Waals surface area contributed by atoms with Crippen molar-refractivity contribution in [2.75, 3.05) is 0 Å². The van der Waals surface area contributed by atoms with Crippen molar-refractivity contribution < 1.29 is 4.79 Å². The lowest BCUT2D eigenvalue weighted by Crippen LogP contribution is -1.81. The van der Waals surface area contributed by atoms with Gasteiger partial charge in [-0.3, -0.25) is 9.78 Å². The fourth-order valence-electron chi connectivity index (χ4n) is 0.402. The van der Waals surface area contributed by atoms with E-state index in [1.807, 2.05) is 0 Å². The standard InChI is InChI=1S/C6H4NO/c8-5-6-3-1-2-4-7-6/h1-2,4-5H. The van der Waals surface area contributed by atoms with Gasteiger partial charge in [0.1, 0.15) is 5.69 Å². The molecule has 0 amide bonds. The first kappa shape index (κ1) is 4.97. The van der Waals surface area contributed by atoms with Crippen LogP contribution in [0.15, 0.2) is 18.3 Å². The van der Waals surface area contributed by atoms with Gasteiger partial charge in [0, 0.05) is 12.3 Å². The summed E-state index contributed by atoms with van der Waals surface area (Å²) in [5.41, 5.74) is 0.354. The van der Waals surface area contributed by atoms with Gasteiger partial charge in [-0.05, 0) is 6.07 Å². The van der Waals surface area contributed by atoms with Crippen LogP contribution in [0.2, 0.25) is 0 Å². The summed E-state index contributed by atoms with van der Waals surface area (Å²) in [5, 5.41) is 0. The Morgan fingerprint density at radius 3 is 3.00 bits per heavy atom. The Morgan fingerprint density at radius 1 is 1.75 bits per heavy atom. The van der Waals surface area contributed by atoms with Gasteiger partial charge in [0.25, 0.3) is 0 Å². The molecule has 0 saturated heterocycles. The molecular weight excluding hydrogens is 102 g/mol. The van der Waals surface area contributed by atoms with E-state index in [0.29, 0.717) is 12.0 Å². The van der Waals surface area contributed by atoms with E-state index < -0.39 is 0 Å². The number of carbonyl (C=O) groups is 1. The Bertz CT molecular complexity index is 171. The van der Waals surface area contributed by atoms with E-state index in [1.54, 1.807) is 18.3 Å². The van der Waals surface area contributed by atoms with Crippen LogP contribution in [0.1, 0.15) is 10.5 Å². The molecule has 0 aliphatic carbocycles. The van der Waals surface area contributed by atoms with Crippen molar-refractivity contribution in [3.8, 4) is 0 Å². The Kier molecular flexibility index (Phi) is 1.37. The molecule has 0 aliphatic rings. The molecule has 2 heteroatoms. The third-order valence-corrected chi connectivity index (χ3v) is 0.739. The zero-order valence-corrected chi connectivity index (χ0v) is 4.16. The van der Waals surface area contributed by atoms with Gasteiger partial charge in [0.15, 0.2) is 6.29 Å². The summed E-state index contributed by atoms with van der Waals surface area (Å²) in [7, 11) is 0. The normalized spacial score (nSPS) is 8.50. The molecule has 0 bridgehead atoms. The van der Waals surface area contributed by atoms with Crippen molar-refractivity contribution in [1.29, 1.82) is 0 Å². The zero-order valence-electron chi connectivity index (χ0n) is 4.16. The number of carbonyl (C=O) groups excluding carboxylic acids is 1. The lowest BCUT2D eigenvalue weighted by atomic mass is 10.4. The number of hydrogen-bond donors (Lipinski definition) is 0. The Morgan fingerprint density at radius 2 is 2.62 bits per heavy atom. The Balaban J connectivity index is 2.99. The van der Waals surface area contributed by atoms with Gasteiger partial charge in [-0.25, -0.2) is 0 Å². The molecule has 0 aliphatic heterocycles. The molecule has 1 aromatic heterocycles. The fraction of sp³-hybridized carbons (Fsp3) is 0. The van der Waals surface area contributed by atoms with Crippen molar-refractivity contribution in [2.45, 2.75) is 0 Å². The van der Waals surface area contributed by atoms with E-state index in [4.69, 9.17) is 0 Å². The van der Waals surface area contributed by atoms with Crippen LogP contribution < -0.4 is 0 Å². The molecule has 2 nitrogen and oxygen atoms in total. The maximum Gasteiger partial charge on any atom is 0.169 e. The second kappa shape index (κ2) is 2.21. The largest absolute Gasteiger partial charge is 0.296 e. The number of aromatic nitrogens is 1. The molecule has 1 aromatic rings. The molecule has 0 spiro atoms. The highest BCUT2D eigenvalue weighted by Gasteiger charge is 1.82. The molecule has 8 heavy (non-hydrogen) atoms. The zero-order chi connectivity index (χ0) is 5.82. The molecule has 0 saturated carbocycles. The monoisotopic (exact) mass is 106 g/mol. The molecule has 0 N–H and O–H groups in total. The minimum atomic E-state index is 0.354. The van der Waals surface area contributed by atoms with Crippen molar-refractivity contribution >= 4 is 6.29 Å². The summed E-state index contributed by atoms with van der Waals surface area (Å²) in [6.45, 7) is 0. The molecule has 1 radical (unpaired) electrons. The van der Waals surface area contributed by atoms with Crippen LogP contribution in [-0.4, -0.2) is 11.3 Å². The van der Waals surface area contributed by atoms with Crippen molar-refractivity contribution in [3.05, 3.63) is 30.1 Å². The van der Waals surface area contributed by atoms with Gasteiger partial charge in [-0.1, -0.05) is 6.07 Å². The summed E-state index contributed by atoms with van der Waals surface area (Å²) in [6.07, 6.45) is 2.22. The van der Waals surface area contributed by atoms with Gasteiger partial charge in [0.05, 0.1) is 0 Å². The molecule has 0 fully saturated rings. The molecule has 1 rings (SSSR count). The lowest BCUT2D eigenvalue weighted by molar-refractivity contribution is 0.111. The third-order valence-electron chi connectivity index (χ3n) is 0.739. The predicted molar refractivity (Wildman–Crippen MR) is 28.5 cm³/mol. The van der Waals surface area contributed by atoms with Crippen LogP contribution >= 0.6 is 0 Å². The van der Waals surface area contributed by atoms with Crippen LogP contribution in [-0.2, 0) is 0 Å². The first-order chi connectivity index (χ1) is 3.93. The molecule has 39 valence electrons. The topological polar surface area (TPSA) is 30.0 Å². The van der Waals surface area contributed by atoms with E-state index in [-0.39, 0.29) is 0 Å². The number of rotatable bonds is 1. The van der Waals surface area contributed by atoms with Crippen molar-refractivity contribution in [1.82, 2.24) is 4.98 Å². The first-order valence-electron chi connectivity index (χ1n) is 2.21. The quantitative estimate of drug-likeness (QED) is 0.493. The maximum atomic E-state index is 9.91. The Hall–Kier alpha value is -1.18. The summed E-state index contributed by atoms with van der Waals surface area (Å²) in [4.78, 5) is 13.6. The second-order valence-electron chi connectivity index (χ2n) is 1.28. The minimum Gasteiger partial charge on any atom is -0.296 e. The van der Waals surface area contributed by atoms with Crippen LogP contribution in [0.5, 0.6) is 0 Å². The highest BCUT2D eigenvalue weighted by Crippen LogP contribution is 1.84. The highest BCUT2D eigenvalue weighted by atomic mass is 16.1. The average Bonchev–Trinajstić information content (AvgIpc) is 1.90. The third kappa shape index (κ3) is 0.904. The van der Waals surface area contributed by atoms with E-state index in [0.717, 1.165) is 0 Å². The van der Waals surface area contributed by atoms with E-state index in [9.17, 15) is 4.79 Å². The average molecular weight is 106 g/mol. The van der Waals surface area contributed by atoms with Crippen LogP contribution in [0, 0.1) is 6.07 Å². The van der Waals surface area contributed by atoms with Crippen LogP contribution in [0.25, 0.3) is 0 Å². The van der Waals surface area contributed by atoms with Crippen LogP contribution in [0.3, 0.4) is 0 Å². The summed E-state index contributed by atoms with van der Waals surface area (Å²) < 4.78 is 0. The molecule has 0 atom stereocenters. The fourth-order valence-corrected chi connectivity index (χ4v) is 0.402. The smallest absolute Gasteiger partial charge is 0.169 e. The maximum absolute atomic E-state index is 9.91. The molecule has 0 aromatic carbocycles. The van der Waals surface area contributed by atoms with Gasteiger partial charge >= 0.3 is 0 Å². The first-order valence-corrected chi connectivity index (χ1v) is 2.21. The van der Waals surface area contributed by atoms with Crippen molar-refractivity contribution in [2.24, 2.45) is 0 Å². The van der Waals surface area contributed by atoms with Gasteiger partial charge < -0.3 is 0 Å². The highest BCUT2D eigenvalue weighted by molar-refractivity contribution is 5.70. The van der Waals surface area contributed by atoms with Gasteiger partial charge in [0.2, 0.25) is 0 Å². The molecule has 1 heterocycles. The summed E-state index contributed by atoms with van der Waals surface area (Å²) in [6, 6.07) is 6.00. The minimum absolute atomic E-state index is 0.354. The SMILES string of the molecule is O=Cc1[c]cccn1. The number of aldehydes is 1. The number of pyridine rings is 1. The van der Waals surface area contributed by atoms with Gasteiger partial charge in [-0.2, -0.15) is 0 Å². The Labute approximate surface area is 47.2 Å². The molecular formula is C6H4NO. The number of hydrogen-bond acceptors (Lipinski definition) is 2. The van der Waals surface area contributed by atoms with E-state index in [1.165, 1.54) is 0 Å².